The summed E-state index contributed by atoms with van der Waals surface area (Å²) in [5.41, 5.74) is 3.17. The molecule has 0 unspecified atom stereocenters. The van der Waals surface area contributed by atoms with Crippen LogP contribution >= 0.6 is 0 Å². The maximum Gasteiger partial charge on any atom is 0.272 e. The van der Waals surface area contributed by atoms with E-state index in [1.165, 1.54) is 12.7 Å². The van der Waals surface area contributed by atoms with E-state index >= 15 is 0 Å². The van der Waals surface area contributed by atoms with Crippen LogP contribution in [0, 0.1) is 0 Å². The van der Waals surface area contributed by atoms with Gasteiger partial charge in [-0.25, -0.2) is 4.98 Å². The van der Waals surface area contributed by atoms with Crippen molar-refractivity contribution in [2.24, 2.45) is 0 Å². The first kappa shape index (κ1) is 14.8. The number of carbonyl (C=O) groups is 1. The van der Waals surface area contributed by atoms with Crippen LogP contribution in [-0.2, 0) is 24.2 Å². The van der Waals surface area contributed by atoms with Crippen molar-refractivity contribution in [1.82, 2.24) is 20.1 Å². The van der Waals surface area contributed by atoms with Crippen molar-refractivity contribution >= 4 is 5.91 Å². The number of carbonyl (C=O) groups excluding carboxylic acids is 1. The third-order valence-corrected chi connectivity index (χ3v) is 3.84. The summed E-state index contributed by atoms with van der Waals surface area (Å²) in [6, 6.07) is 0. The van der Waals surface area contributed by atoms with Crippen LogP contribution in [-0.4, -0.2) is 26.8 Å². The highest BCUT2D eigenvalue weighted by Gasteiger charge is 2.31. The largest absolute Gasteiger partial charge is 0.451 e. The number of aromatic nitrogens is 3. The van der Waals surface area contributed by atoms with E-state index in [0.717, 1.165) is 11.3 Å². The Morgan fingerprint density at radius 3 is 3.00 bits per heavy atom. The van der Waals surface area contributed by atoms with Crippen molar-refractivity contribution < 1.29 is 13.9 Å². The highest BCUT2D eigenvalue weighted by Crippen LogP contribution is 2.32. The van der Waals surface area contributed by atoms with Crippen molar-refractivity contribution in [3.05, 3.63) is 35.3 Å². The minimum atomic E-state index is -0.187. The topological polar surface area (TPSA) is 82.2 Å². The molecule has 22 heavy (non-hydrogen) atoms. The van der Waals surface area contributed by atoms with E-state index < -0.39 is 0 Å². The lowest BCUT2D eigenvalue weighted by Crippen LogP contribution is -2.27. The lowest BCUT2D eigenvalue weighted by molar-refractivity contribution is -0.00948. The van der Waals surface area contributed by atoms with E-state index in [0.29, 0.717) is 30.9 Å². The van der Waals surface area contributed by atoms with Gasteiger partial charge >= 0.3 is 0 Å². The minimum absolute atomic E-state index is 0.0525. The van der Waals surface area contributed by atoms with Gasteiger partial charge in [0, 0.05) is 18.5 Å². The van der Waals surface area contributed by atoms with Gasteiger partial charge in [0.15, 0.2) is 12.1 Å². The molecule has 0 aromatic carbocycles. The average Bonchev–Trinajstić information content (AvgIpc) is 3.11. The zero-order chi connectivity index (χ0) is 15.7. The number of hydrogen-bond acceptors (Lipinski definition) is 5. The quantitative estimate of drug-likeness (QED) is 0.932. The van der Waals surface area contributed by atoms with E-state index in [-0.39, 0.29) is 18.1 Å². The summed E-state index contributed by atoms with van der Waals surface area (Å²) in [5.74, 6) is -0.187. The monoisotopic (exact) mass is 304 g/mol. The highest BCUT2D eigenvalue weighted by atomic mass is 16.5. The van der Waals surface area contributed by atoms with Crippen LogP contribution < -0.4 is 5.32 Å². The third-order valence-electron chi connectivity index (χ3n) is 3.84. The first-order chi connectivity index (χ1) is 10.6. The number of fused-ring (bicyclic) bond motifs is 1. The molecule has 1 aliphatic rings. The second kappa shape index (κ2) is 5.92. The van der Waals surface area contributed by atoms with E-state index in [1.807, 2.05) is 25.5 Å². The number of hydrogen-bond donors (Lipinski definition) is 1. The Hall–Kier alpha value is -2.15. The van der Waals surface area contributed by atoms with Crippen molar-refractivity contribution in [3.63, 3.8) is 0 Å². The molecule has 1 amide bonds. The number of nitrogens with zero attached hydrogens (tertiary/aromatic N) is 3. The zero-order valence-electron chi connectivity index (χ0n) is 13.0. The fourth-order valence-electron chi connectivity index (χ4n) is 2.92. The van der Waals surface area contributed by atoms with Gasteiger partial charge in [0.1, 0.15) is 6.26 Å². The highest BCUT2D eigenvalue weighted by molar-refractivity contribution is 5.94. The maximum absolute atomic E-state index is 12.5. The van der Waals surface area contributed by atoms with Crippen molar-refractivity contribution in [3.8, 4) is 0 Å². The van der Waals surface area contributed by atoms with Gasteiger partial charge in [0.25, 0.3) is 5.91 Å². The summed E-state index contributed by atoms with van der Waals surface area (Å²) < 4.78 is 12.6. The summed E-state index contributed by atoms with van der Waals surface area (Å²) >= 11 is 0. The number of oxazole rings is 1. The Kier molecular flexibility index (Phi) is 3.98. The van der Waals surface area contributed by atoms with E-state index in [1.54, 1.807) is 0 Å². The van der Waals surface area contributed by atoms with Gasteiger partial charge in [-0.1, -0.05) is 0 Å². The van der Waals surface area contributed by atoms with Crippen molar-refractivity contribution in [1.29, 1.82) is 0 Å². The molecule has 1 aliphatic heterocycles. The fraction of sp³-hybridized carbons (Fsp3) is 0.533. The molecule has 7 nitrogen and oxygen atoms in total. The molecule has 0 bridgehead atoms. The van der Waals surface area contributed by atoms with E-state index in [9.17, 15) is 4.79 Å². The standard InChI is InChI=1S/C15H20N4O3/c1-4-19-14-10(3)22-9(2)5-12(14)13(18-19)15(20)16-6-11-7-21-8-17-11/h7-10H,4-6H2,1-3H3,(H,16,20)/t9-,10+/m1/s1. The van der Waals surface area contributed by atoms with Gasteiger partial charge in [0.05, 0.1) is 30.1 Å². The Balaban J connectivity index is 1.85. The predicted octanol–water partition coefficient (Wildman–Crippen LogP) is 1.84. The molecule has 7 heteroatoms. The van der Waals surface area contributed by atoms with Gasteiger partial charge in [-0.2, -0.15) is 5.10 Å². The number of nitrogens with one attached hydrogen (secondary N) is 1. The second-order valence-corrected chi connectivity index (χ2v) is 5.48. The van der Waals surface area contributed by atoms with Crippen LogP contribution in [0.5, 0.6) is 0 Å². The second-order valence-electron chi connectivity index (χ2n) is 5.48. The first-order valence-corrected chi connectivity index (χ1v) is 7.50. The smallest absolute Gasteiger partial charge is 0.272 e. The van der Waals surface area contributed by atoms with Crippen LogP contribution in [0.25, 0.3) is 0 Å². The summed E-state index contributed by atoms with van der Waals surface area (Å²) in [6.45, 7) is 7.06. The van der Waals surface area contributed by atoms with Gasteiger partial charge in [-0.15, -0.1) is 0 Å². The Bertz CT molecular complexity index is 663. The molecule has 118 valence electrons. The Morgan fingerprint density at radius 2 is 2.32 bits per heavy atom. The van der Waals surface area contributed by atoms with Crippen LogP contribution in [0.1, 0.15) is 54.3 Å². The molecule has 1 N–H and O–H groups in total. The fourth-order valence-corrected chi connectivity index (χ4v) is 2.92. The van der Waals surface area contributed by atoms with Gasteiger partial charge < -0.3 is 14.5 Å². The van der Waals surface area contributed by atoms with Crippen molar-refractivity contribution in [2.45, 2.75) is 52.5 Å². The van der Waals surface area contributed by atoms with E-state index in [4.69, 9.17) is 9.15 Å². The van der Waals surface area contributed by atoms with E-state index in [2.05, 4.69) is 15.4 Å². The zero-order valence-corrected chi connectivity index (χ0v) is 13.0. The maximum atomic E-state index is 12.5. The molecule has 3 rings (SSSR count). The number of ether oxygens (including phenoxy) is 1. The number of rotatable bonds is 4. The molecular weight excluding hydrogens is 284 g/mol. The predicted molar refractivity (Wildman–Crippen MR) is 78.2 cm³/mol. The molecular formula is C15H20N4O3. The molecule has 3 heterocycles. The lowest BCUT2D eigenvalue weighted by Gasteiger charge is -2.26. The van der Waals surface area contributed by atoms with Gasteiger partial charge in [-0.3, -0.25) is 9.48 Å². The molecule has 0 saturated heterocycles. The molecule has 2 atom stereocenters. The Morgan fingerprint density at radius 1 is 1.50 bits per heavy atom. The summed E-state index contributed by atoms with van der Waals surface area (Å²) in [5, 5.41) is 7.32. The Labute approximate surface area is 128 Å². The first-order valence-electron chi connectivity index (χ1n) is 7.50. The SMILES string of the molecule is CCn1nc(C(=O)NCc2cocn2)c2c1[C@H](C)O[C@H](C)C2. The lowest BCUT2D eigenvalue weighted by atomic mass is 9.99. The number of amides is 1. The molecule has 2 aromatic heterocycles. The third kappa shape index (κ3) is 2.64. The molecule has 2 aromatic rings. The molecule has 0 fully saturated rings. The number of aryl methyl sites for hydroxylation is 1. The van der Waals surface area contributed by atoms with Crippen LogP contribution in [0.4, 0.5) is 0 Å². The molecule has 0 radical (unpaired) electrons. The summed E-state index contributed by atoms with van der Waals surface area (Å²) in [4.78, 5) is 16.5. The molecule has 0 saturated carbocycles. The van der Waals surface area contributed by atoms with Crippen LogP contribution in [0.2, 0.25) is 0 Å². The summed E-state index contributed by atoms with van der Waals surface area (Å²) in [6.07, 6.45) is 3.59. The van der Waals surface area contributed by atoms with Gasteiger partial charge in [0.2, 0.25) is 0 Å². The summed E-state index contributed by atoms with van der Waals surface area (Å²) in [7, 11) is 0. The molecule has 0 aliphatic carbocycles. The minimum Gasteiger partial charge on any atom is -0.451 e. The van der Waals surface area contributed by atoms with Gasteiger partial charge in [-0.05, 0) is 20.8 Å². The van der Waals surface area contributed by atoms with Crippen LogP contribution in [0.15, 0.2) is 17.1 Å². The average molecular weight is 304 g/mol. The van der Waals surface area contributed by atoms with Crippen molar-refractivity contribution in [2.75, 3.05) is 0 Å². The molecule has 0 spiro atoms. The normalized spacial score (nSPS) is 20.7. The van der Waals surface area contributed by atoms with Crippen LogP contribution in [0.3, 0.4) is 0 Å².